The van der Waals surface area contributed by atoms with Gasteiger partial charge in [-0.3, -0.25) is 9.59 Å². The van der Waals surface area contributed by atoms with Gasteiger partial charge in [0.1, 0.15) is 35.2 Å². The van der Waals surface area contributed by atoms with E-state index in [1.807, 2.05) is 9.47 Å². The number of halogens is 4. The van der Waals surface area contributed by atoms with Crippen molar-refractivity contribution in [3.63, 3.8) is 0 Å². The van der Waals surface area contributed by atoms with E-state index in [9.17, 15) is 27.2 Å². The van der Waals surface area contributed by atoms with Crippen molar-refractivity contribution < 1.29 is 27.2 Å². The second-order valence-electron chi connectivity index (χ2n) is 10.4. The maximum atomic E-state index is 13.9. The Bertz CT molecular complexity index is 1430. The molecular formula is C27H29F4N7O2. The molecule has 0 radical (unpaired) electrons. The van der Waals surface area contributed by atoms with Gasteiger partial charge in [0, 0.05) is 43.9 Å². The lowest BCUT2D eigenvalue weighted by atomic mass is 9.95. The van der Waals surface area contributed by atoms with E-state index in [0.717, 1.165) is 24.5 Å². The van der Waals surface area contributed by atoms with E-state index in [0.29, 0.717) is 56.5 Å². The Balaban J connectivity index is 1.39. The first-order chi connectivity index (χ1) is 19.0. The lowest BCUT2D eigenvalue weighted by Gasteiger charge is -2.33. The molecule has 5 rings (SSSR count). The van der Waals surface area contributed by atoms with E-state index in [1.54, 1.807) is 6.20 Å². The first kappa shape index (κ1) is 27.7. The van der Waals surface area contributed by atoms with Gasteiger partial charge in [-0.1, -0.05) is 13.8 Å². The van der Waals surface area contributed by atoms with Gasteiger partial charge in [-0.25, -0.2) is 19.3 Å². The summed E-state index contributed by atoms with van der Waals surface area (Å²) < 4.78 is 56.0. The summed E-state index contributed by atoms with van der Waals surface area (Å²) in [6.45, 7) is 7.27. The number of carbonyl (C=O) groups is 2. The quantitative estimate of drug-likeness (QED) is 0.241. The van der Waals surface area contributed by atoms with Gasteiger partial charge in [-0.05, 0) is 43.5 Å². The number of amides is 1. The predicted molar refractivity (Wildman–Crippen MR) is 140 cm³/mol. The van der Waals surface area contributed by atoms with E-state index in [-0.39, 0.29) is 22.9 Å². The summed E-state index contributed by atoms with van der Waals surface area (Å²) >= 11 is 0. The topological polar surface area (TPSA) is 105 Å². The van der Waals surface area contributed by atoms with Gasteiger partial charge in [-0.2, -0.15) is 13.2 Å². The molecule has 212 valence electrons. The summed E-state index contributed by atoms with van der Waals surface area (Å²) in [4.78, 5) is 39.2. The fourth-order valence-electron chi connectivity index (χ4n) is 5.11. The van der Waals surface area contributed by atoms with Crippen molar-refractivity contribution in [3.8, 4) is 11.3 Å². The normalized spacial score (nSPS) is 16.1. The van der Waals surface area contributed by atoms with Crippen molar-refractivity contribution in [3.05, 3.63) is 53.5 Å². The Morgan fingerprint density at radius 2 is 1.90 bits per heavy atom. The number of nitrogens with one attached hydrogen (secondary N) is 2. The number of hydrogen-bond donors (Lipinski definition) is 2. The minimum atomic E-state index is -4.82. The van der Waals surface area contributed by atoms with Crippen LogP contribution in [0, 0.1) is 11.7 Å². The van der Waals surface area contributed by atoms with E-state index < -0.39 is 29.2 Å². The molecule has 2 aliphatic rings. The van der Waals surface area contributed by atoms with Crippen LogP contribution in [-0.2, 0) is 17.5 Å². The van der Waals surface area contributed by atoms with Gasteiger partial charge < -0.3 is 20.1 Å². The predicted octanol–water partition coefficient (Wildman–Crippen LogP) is 4.26. The lowest BCUT2D eigenvalue weighted by Crippen LogP contribution is -2.35. The molecule has 1 saturated heterocycles. The molecule has 0 atom stereocenters. The van der Waals surface area contributed by atoms with Crippen molar-refractivity contribution in [2.45, 2.75) is 45.3 Å². The summed E-state index contributed by atoms with van der Waals surface area (Å²) in [5, 5.41) is 5.83. The fourth-order valence-corrected chi connectivity index (χ4v) is 5.11. The van der Waals surface area contributed by atoms with E-state index >= 15 is 0 Å². The number of carbonyl (C=O) groups excluding carboxylic acids is 2. The molecule has 9 nitrogen and oxygen atoms in total. The molecule has 0 bridgehead atoms. The Morgan fingerprint density at radius 1 is 1.15 bits per heavy atom. The zero-order valence-electron chi connectivity index (χ0n) is 22.1. The Morgan fingerprint density at radius 3 is 2.60 bits per heavy atom. The Hall–Kier alpha value is -3.87. The smallest absolute Gasteiger partial charge is 0.356 e. The van der Waals surface area contributed by atoms with Crippen LogP contribution in [0.25, 0.3) is 11.3 Å². The van der Waals surface area contributed by atoms with Gasteiger partial charge in [0.15, 0.2) is 0 Å². The van der Waals surface area contributed by atoms with Crippen LogP contribution in [-0.4, -0.2) is 57.4 Å². The highest BCUT2D eigenvalue weighted by Gasteiger charge is 2.37. The molecule has 0 spiro atoms. The van der Waals surface area contributed by atoms with Gasteiger partial charge >= 0.3 is 6.18 Å². The number of alkyl halides is 3. The zero-order chi connectivity index (χ0) is 28.6. The van der Waals surface area contributed by atoms with Crippen molar-refractivity contribution in [2.75, 3.05) is 36.4 Å². The fraction of sp³-hybridized carbons (Fsp3) is 0.444. The summed E-state index contributed by atoms with van der Waals surface area (Å²) in [5.41, 5.74) is -0.625. The van der Waals surface area contributed by atoms with Crippen molar-refractivity contribution in [1.29, 1.82) is 0 Å². The second kappa shape index (κ2) is 11.0. The average molecular weight is 560 g/mol. The third-order valence-corrected chi connectivity index (χ3v) is 7.11. The number of aromatic nitrogens is 4. The Labute approximate surface area is 228 Å². The Kier molecular flexibility index (Phi) is 7.58. The standard InChI is InChI=1S/C27H29F4N7O2/c1-15(2)12-32-7-10-38-13-20(17-3-4-19(28)18(11-17)27(29,30)31)35-24(38)16-5-8-37(9-6-16)25-21-22(39)26(40)36-23(21)33-14-34-25/h3-4,11,13-16,32H,5-10,12H2,1-2H3,(H,33,34,36,39,40). The number of rotatable bonds is 8. The number of anilines is 2. The number of hydrogen-bond acceptors (Lipinski definition) is 7. The van der Waals surface area contributed by atoms with Crippen molar-refractivity contribution >= 4 is 23.3 Å². The third-order valence-electron chi connectivity index (χ3n) is 7.11. The number of Topliss-reactive ketones (excluding diaryl/α,β-unsaturated/α-hetero) is 1. The van der Waals surface area contributed by atoms with Gasteiger partial charge in [-0.15, -0.1) is 0 Å². The van der Waals surface area contributed by atoms with Crippen LogP contribution >= 0.6 is 0 Å². The monoisotopic (exact) mass is 559 g/mol. The van der Waals surface area contributed by atoms with Gasteiger partial charge in [0.05, 0.1) is 11.3 Å². The number of imidazole rings is 1. The minimum absolute atomic E-state index is 0.0111. The summed E-state index contributed by atoms with van der Waals surface area (Å²) in [7, 11) is 0. The van der Waals surface area contributed by atoms with Crippen molar-refractivity contribution in [1.82, 2.24) is 24.8 Å². The zero-order valence-corrected chi connectivity index (χ0v) is 22.1. The molecule has 0 aliphatic carbocycles. The van der Waals surface area contributed by atoms with Crippen LogP contribution in [0.5, 0.6) is 0 Å². The molecule has 13 heteroatoms. The molecule has 0 unspecified atom stereocenters. The summed E-state index contributed by atoms with van der Waals surface area (Å²) in [6.07, 6.45) is -0.510. The molecule has 0 saturated carbocycles. The van der Waals surface area contributed by atoms with Crippen LogP contribution in [0.4, 0.5) is 29.2 Å². The molecule has 2 aliphatic heterocycles. The average Bonchev–Trinajstić information content (AvgIpc) is 3.46. The molecule has 1 aromatic carbocycles. The first-order valence-electron chi connectivity index (χ1n) is 13.1. The first-order valence-corrected chi connectivity index (χ1v) is 13.1. The third kappa shape index (κ3) is 5.55. The molecule has 2 N–H and O–H groups in total. The van der Waals surface area contributed by atoms with Crippen LogP contribution in [0.15, 0.2) is 30.7 Å². The molecule has 2 aromatic heterocycles. The highest BCUT2D eigenvalue weighted by atomic mass is 19.4. The highest BCUT2D eigenvalue weighted by Crippen LogP contribution is 2.37. The number of ketones is 1. The van der Waals surface area contributed by atoms with E-state index in [2.05, 4.69) is 34.4 Å². The summed E-state index contributed by atoms with van der Waals surface area (Å²) in [6, 6.07) is 2.93. The molecule has 3 aromatic rings. The van der Waals surface area contributed by atoms with E-state index in [4.69, 9.17) is 4.98 Å². The molecule has 4 heterocycles. The lowest BCUT2D eigenvalue weighted by molar-refractivity contribution is -0.139. The SMILES string of the molecule is CC(C)CNCCn1cc(-c2ccc(F)c(C(F)(F)F)c2)nc1C1CCN(c2ncnc3c2C(=O)C(=O)N3)CC1. The van der Waals surface area contributed by atoms with Crippen LogP contribution in [0.2, 0.25) is 0 Å². The molecular weight excluding hydrogens is 530 g/mol. The van der Waals surface area contributed by atoms with E-state index in [1.165, 1.54) is 12.4 Å². The van der Waals surface area contributed by atoms with Crippen LogP contribution in [0.1, 0.15) is 54.4 Å². The molecule has 1 amide bonds. The maximum Gasteiger partial charge on any atom is 0.419 e. The van der Waals surface area contributed by atoms with Crippen LogP contribution in [0.3, 0.4) is 0 Å². The highest BCUT2D eigenvalue weighted by molar-refractivity contribution is 6.52. The number of nitrogens with zero attached hydrogens (tertiary/aromatic N) is 5. The number of piperidine rings is 1. The molecule has 40 heavy (non-hydrogen) atoms. The maximum absolute atomic E-state index is 13.9. The minimum Gasteiger partial charge on any atom is -0.356 e. The largest absolute Gasteiger partial charge is 0.419 e. The molecule has 1 fully saturated rings. The van der Waals surface area contributed by atoms with Gasteiger partial charge in [0.2, 0.25) is 0 Å². The number of benzene rings is 1. The van der Waals surface area contributed by atoms with Gasteiger partial charge in [0.25, 0.3) is 11.7 Å². The van der Waals surface area contributed by atoms with Crippen LogP contribution < -0.4 is 15.5 Å². The summed E-state index contributed by atoms with van der Waals surface area (Å²) in [5.74, 6) is -0.937. The van der Waals surface area contributed by atoms with Crippen molar-refractivity contribution in [2.24, 2.45) is 5.92 Å². The second-order valence-corrected chi connectivity index (χ2v) is 10.4. The number of fused-ring (bicyclic) bond motifs is 1.